The number of hydrogen-bond donors (Lipinski definition) is 0. The summed E-state index contributed by atoms with van der Waals surface area (Å²) in [5.41, 5.74) is 0. The number of hydrogen-bond acceptors (Lipinski definition) is 2. The average Bonchev–Trinajstić information content (AvgIpc) is 1.68. The standard InChI is InChI=1S/C4H12O2Si.CH4/c1-5-7(3,4)6-2;/h1-4H3;1H4. The Morgan fingerprint density at radius 3 is 1.25 bits per heavy atom. The Morgan fingerprint density at radius 1 is 1.00 bits per heavy atom. The molecule has 0 spiro atoms. The largest absolute Gasteiger partial charge is 0.398 e. The van der Waals surface area contributed by atoms with Crippen LogP contribution in [0.25, 0.3) is 0 Å². The molecule has 0 bridgehead atoms. The lowest BCUT2D eigenvalue weighted by Crippen LogP contribution is -2.31. The van der Waals surface area contributed by atoms with Gasteiger partial charge in [0.25, 0.3) is 0 Å². The molecule has 0 atom stereocenters. The van der Waals surface area contributed by atoms with E-state index in [4.69, 9.17) is 8.85 Å². The Morgan fingerprint density at radius 2 is 1.25 bits per heavy atom. The maximum absolute atomic E-state index is 5.00. The van der Waals surface area contributed by atoms with Crippen LogP contribution in [0, 0.1) is 0 Å². The van der Waals surface area contributed by atoms with Gasteiger partial charge in [0.2, 0.25) is 0 Å². The van der Waals surface area contributed by atoms with Gasteiger partial charge in [0.15, 0.2) is 0 Å². The highest BCUT2D eigenvalue weighted by atomic mass is 28.4. The van der Waals surface area contributed by atoms with Crippen LogP contribution in [0.5, 0.6) is 0 Å². The molecule has 0 aromatic rings. The lowest BCUT2D eigenvalue weighted by molar-refractivity contribution is 0.258. The first kappa shape index (κ1) is 11.0. The van der Waals surface area contributed by atoms with Crippen LogP contribution in [0.2, 0.25) is 13.1 Å². The van der Waals surface area contributed by atoms with Crippen molar-refractivity contribution in [1.29, 1.82) is 0 Å². The van der Waals surface area contributed by atoms with E-state index in [1.54, 1.807) is 14.2 Å². The molecule has 52 valence electrons. The summed E-state index contributed by atoms with van der Waals surface area (Å²) in [6.07, 6.45) is 0. The second kappa shape index (κ2) is 4.06. The van der Waals surface area contributed by atoms with Gasteiger partial charge in [-0.15, -0.1) is 0 Å². The molecule has 0 aliphatic rings. The molecule has 0 amide bonds. The topological polar surface area (TPSA) is 18.5 Å². The fourth-order valence-electron chi connectivity index (χ4n) is 0.0833. The zero-order valence-electron chi connectivity index (χ0n) is 5.32. The summed E-state index contributed by atoms with van der Waals surface area (Å²) in [7, 11) is 1.70. The van der Waals surface area contributed by atoms with Gasteiger partial charge in [0.05, 0.1) is 0 Å². The summed E-state index contributed by atoms with van der Waals surface area (Å²) in [6, 6.07) is 0. The van der Waals surface area contributed by atoms with Gasteiger partial charge < -0.3 is 8.85 Å². The molecule has 0 unspecified atom stereocenters. The molecule has 3 heteroatoms. The van der Waals surface area contributed by atoms with Crippen molar-refractivity contribution < 1.29 is 8.85 Å². The van der Waals surface area contributed by atoms with Gasteiger partial charge >= 0.3 is 8.56 Å². The molecule has 0 aliphatic heterocycles. The molecule has 0 saturated carbocycles. The van der Waals surface area contributed by atoms with E-state index in [0.29, 0.717) is 0 Å². The van der Waals surface area contributed by atoms with Gasteiger partial charge in [-0.1, -0.05) is 7.43 Å². The van der Waals surface area contributed by atoms with E-state index in [0.717, 1.165) is 0 Å². The Kier molecular flexibility index (Phi) is 5.58. The second-order valence-electron chi connectivity index (χ2n) is 1.81. The van der Waals surface area contributed by atoms with Crippen LogP contribution >= 0.6 is 0 Å². The molecule has 8 heavy (non-hydrogen) atoms. The lowest BCUT2D eigenvalue weighted by atomic mass is 11.8. The van der Waals surface area contributed by atoms with E-state index < -0.39 is 8.56 Å². The minimum Gasteiger partial charge on any atom is -0.398 e. The molecular formula is C5H16O2Si. The van der Waals surface area contributed by atoms with Crippen LogP contribution in [-0.4, -0.2) is 22.8 Å². The van der Waals surface area contributed by atoms with Crippen LogP contribution in [0.1, 0.15) is 7.43 Å². The van der Waals surface area contributed by atoms with Crippen molar-refractivity contribution in [2.45, 2.75) is 20.5 Å². The van der Waals surface area contributed by atoms with Crippen LogP contribution < -0.4 is 0 Å². The average molecular weight is 136 g/mol. The first-order valence-electron chi connectivity index (χ1n) is 2.22. The fraction of sp³-hybridized carbons (Fsp3) is 1.00. The highest BCUT2D eigenvalue weighted by Gasteiger charge is 2.19. The van der Waals surface area contributed by atoms with Gasteiger partial charge in [-0.3, -0.25) is 0 Å². The van der Waals surface area contributed by atoms with Crippen molar-refractivity contribution in [3.63, 3.8) is 0 Å². The third kappa shape index (κ3) is 4.30. The second-order valence-corrected chi connectivity index (χ2v) is 5.42. The normalized spacial score (nSPS) is 10.5. The Hall–Kier alpha value is 0.137. The summed E-state index contributed by atoms with van der Waals surface area (Å²) < 4.78 is 10.0. The van der Waals surface area contributed by atoms with E-state index in [9.17, 15) is 0 Å². The van der Waals surface area contributed by atoms with Crippen molar-refractivity contribution in [2.75, 3.05) is 14.2 Å². The minimum atomic E-state index is -1.65. The van der Waals surface area contributed by atoms with Gasteiger partial charge in [-0.25, -0.2) is 0 Å². The highest BCUT2D eigenvalue weighted by molar-refractivity contribution is 6.64. The maximum atomic E-state index is 5.00. The summed E-state index contributed by atoms with van der Waals surface area (Å²) in [5, 5.41) is 0. The zero-order chi connectivity index (χ0) is 5.91. The summed E-state index contributed by atoms with van der Waals surface area (Å²) in [5.74, 6) is 0. The first-order chi connectivity index (χ1) is 3.12. The maximum Gasteiger partial charge on any atom is 0.331 e. The van der Waals surface area contributed by atoms with Crippen LogP contribution in [-0.2, 0) is 8.85 Å². The van der Waals surface area contributed by atoms with Gasteiger partial charge in [-0.05, 0) is 13.1 Å². The van der Waals surface area contributed by atoms with Crippen LogP contribution in [0.3, 0.4) is 0 Å². The Bertz CT molecular complexity index is 48.4. The third-order valence-electron chi connectivity index (χ3n) is 0.983. The smallest absolute Gasteiger partial charge is 0.331 e. The molecule has 0 N–H and O–H groups in total. The minimum absolute atomic E-state index is 0. The quantitative estimate of drug-likeness (QED) is 0.537. The summed E-state index contributed by atoms with van der Waals surface area (Å²) in [6.45, 7) is 3.99. The van der Waals surface area contributed by atoms with E-state index in [1.165, 1.54) is 0 Å². The lowest BCUT2D eigenvalue weighted by Gasteiger charge is -2.15. The van der Waals surface area contributed by atoms with Crippen LogP contribution in [0.15, 0.2) is 0 Å². The number of rotatable bonds is 2. The van der Waals surface area contributed by atoms with Crippen LogP contribution in [0.4, 0.5) is 0 Å². The van der Waals surface area contributed by atoms with Crippen molar-refractivity contribution in [2.24, 2.45) is 0 Å². The first-order valence-corrected chi connectivity index (χ1v) is 5.04. The van der Waals surface area contributed by atoms with Crippen molar-refractivity contribution in [1.82, 2.24) is 0 Å². The fourth-order valence-corrected chi connectivity index (χ4v) is 0.250. The van der Waals surface area contributed by atoms with Crippen molar-refractivity contribution in [3.05, 3.63) is 0 Å². The molecule has 0 heterocycles. The zero-order valence-corrected chi connectivity index (χ0v) is 6.32. The van der Waals surface area contributed by atoms with Gasteiger partial charge in [-0.2, -0.15) is 0 Å². The molecule has 0 aromatic heterocycles. The van der Waals surface area contributed by atoms with Crippen molar-refractivity contribution in [3.8, 4) is 0 Å². The predicted molar refractivity (Wildman–Crippen MR) is 38.2 cm³/mol. The Balaban J connectivity index is 0. The molecule has 0 rings (SSSR count). The summed E-state index contributed by atoms with van der Waals surface area (Å²) >= 11 is 0. The monoisotopic (exact) mass is 136 g/mol. The Labute approximate surface area is 53.1 Å². The van der Waals surface area contributed by atoms with E-state index >= 15 is 0 Å². The van der Waals surface area contributed by atoms with E-state index in [2.05, 4.69) is 0 Å². The molecule has 0 aromatic carbocycles. The molecule has 0 aliphatic carbocycles. The molecular weight excluding hydrogens is 120 g/mol. The highest BCUT2D eigenvalue weighted by Crippen LogP contribution is 1.99. The molecule has 0 radical (unpaired) electrons. The van der Waals surface area contributed by atoms with E-state index in [-0.39, 0.29) is 7.43 Å². The molecule has 0 fully saturated rings. The van der Waals surface area contributed by atoms with Crippen molar-refractivity contribution >= 4 is 8.56 Å². The third-order valence-corrected chi connectivity index (χ3v) is 2.95. The van der Waals surface area contributed by atoms with Gasteiger partial charge in [0.1, 0.15) is 0 Å². The molecule has 0 saturated heterocycles. The molecule has 2 nitrogen and oxygen atoms in total. The summed E-state index contributed by atoms with van der Waals surface area (Å²) in [4.78, 5) is 0. The van der Waals surface area contributed by atoms with Gasteiger partial charge in [0, 0.05) is 14.2 Å². The predicted octanol–water partition coefficient (Wildman–Crippen LogP) is 1.62. The van der Waals surface area contributed by atoms with E-state index in [1.807, 2.05) is 13.1 Å². The SMILES string of the molecule is C.CO[Si](C)(C)OC.